The minimum absolute atomic E-state index is 0.0726. The predicted octanol–water partition coefficient (Wildman–Crippen LogP) is 3.60. The lowest BCUT2D eigenvalue weighted by Crippen LogP contribution is -1.95. The molecule has 0 N–H and O–H groups in total. The van der Waals surface area contributed by atoms with Crippen LogP contribution in [0.1, 0.15) is 17.6 Å². The summed E-state index contributed by atoms with van der Waals surface area (Å²) in [5.74, 6) is 0. The standard InChI is InChI=1S/C8H6BrF2NO2/c1-4-2-7(12(13)14)6(9)3-5(4)8(10)11/h2-3,8H,1H3. The van der Waals surface area contributed by atoms with Gasteiger partial charge in [-0.2, -0.15) is 0 Å². The molecule has 0 radical (unpaired) electrons. The molecule has 0 aromatic heterocycles. The Balaban J connectivity index is 3.31. The fraction of sp³-hybridized carbons (Fsp3) is 0.250. The number of hydrogen-bond acceptors (Lipinski definition) is 2. The van der Waals surface area contributed by atoms with E-state index in [2.05, 4.69) is 15.9 Å². The van der Waals surface area contributed by atoms with Gasteiger partial charge in [0.25, 0.3) is 12.1 Å². The van der Waals surface area contributed by atoms with Crippen LogP contribution in [0.2, 0.25) is 0 Å². The summed E-state index contributed by atoms with van der Waals surface area (Å²) in [6.45, 7) is 1.42. The van der Waals surface area contributed by atoms with Gasteiger partial charge in [-0.05, 0) is 34.5 Å². The highest BCUT2D eigenvalue weighted by molar-refractivity contribution is 9.10. The maximum absolute atomic E-state index is 12.3. The van der Waals surface area contributed by atoms with Gasteiger partial charge in [0.2, 0.25) is 0 Å². The average Bonchev–Trinajstić information content (AvgIpc) is 2.07. The number of halogens is 3. The number of alkyl halides is 2. The number of aryl methyl sites for hydroxylation is 1. The number of nitro benzene ring substituents is 1. The second-order valence-corrected chi connectivity index (χ2v) is 3.57. The largest absolute Gasteiger partial charge is 0.283 e. The lowest BCUT2D eigenvalue weighted by Gasteiger charge is -2.05. The number of rotatable bonds is 2. The van der Waals surface area contributed by atoms with Gasteiger partial charge in [-0.1, -0.05) is 0 Å². The van der Waals surface area contributed by atoms with E-state index in [1.165, 1.54) is 6.92 Å². The van der Waals surface area contributed by atoms with Crippen molar-refractivity contribution in [2.45, 2.75) is 13.3 Å². The van der Waals surface area contributed by atoms with Gasteiger partial charge in [-0.15, -0.1) is 0 Å². The van der Waals surface area contributed by atoms with E-state index < -0.39 is 11.3 Å². The summed E-state index contributed by atoms with van der Waals surface area (Å²) in [5, 5.41) is 10.4. The van der Waals surface area contributed by atoms with Crippen LogP contribution in [0.25, 0.3) is 0 Å². The summed E-state index contributed by atoms with van der Waals surface area (Å²) in [5.41, 5.74) is -0.177. The summed E-state index contributed by atoms with van der Waals surface area (Å²) < 4.78 is 24.8. The molecule has 0 saturated carbocycles. The maximum atomic E-state index is 12.3. The van der Waals surface area contributed by atoms with Crippen LogP contribution in [0.15, 0.2) is 16.6 Å². The molecule has 0 aliphatic carbocycles. The third-order valence-corrected chi connectivity index (χ3v) is 2.40. The molecule has 0 bridgehead atoms. The van der Waals surface area contributed by atoms with Gasteiger partial charge in [0.05, 0.1) is 9.40 Å². The molecule has 0 saturated heterocycles. The monoisotopic (exact) mass is 265 g/mol. The number of nitrogens with zero attached hydrogens (tertiary/aromatic N) is 1. The molecule has 1 rings (SSSR count). The lowest BCUT2D eigenvalue weighted by molar-refractivity contribution is -0.385. The van der Waals surface area contributed by atoms with Crippen LogP contribution in [0.4, 0.5) is 14.5 Å². The maximum Gasteiger partial charge on any atom is 0.283 e. The Labute approximate surface area is 87.0 Å². The van der Waals surface area contributed by atoms with Crippen LogP contribution in [0, 0.1) is 17.0 Å². The highest BCUT2D eigenvalue weighted by Gasteiger charge is 2.18. The normalized spacial score (nSPS) is 10.6. The van der Waals surface area contributed by atoms with Gasteiger partial charge in [0, 0.05) is 11.6 Å². The van der Waals surface area contributed by atoms with E-state index in [0.29, 0.717) is 0 Å². The fourth-order valence-electron chi connectivity index (χ4n) is 1.06. The van der Waals surface area contributed by atoms with Crippen LogP contribution >= 0.6 is 15.9 Å². The van der Waals surface area contributed by atoms with Crippen LogP contribution < -0.4 is 0 Å². The Morgan fingerprint density at radius 2 is 2.07 bits per heavy atom. The quantitative estimate of drug-likeness (QED) is 0.606. The molecule has 6 heteroatoms. The van der Waals surface area contributed by atoms with E-state index in [-0.39, 0.29) is 21.3 Å². The first kappa shape index (κ1) is 11.0. The van der Waals surface area contributed by atoms with Gasteiger partial charge in [0.15, 0.2) is 0 Å². The van der Waals surface area contributed by atoms with E-state index >= 15 is 0 Å². The summed E-state index contributed by atoms with van der Waals surface area (Å²) in [6.07, 6.45) is -2.62. The van der Waals surface area contributed by atoms with Gasteiger partial charge in [-0.3, -0.25) is 10.1 Å². The summed E-state index contributed by atoms with van der Waals surface area (Å²) >= 11 is 2.88. The van der Waals surface area contributed by atoms with Gasteiger partial charge in [0.1, 0.15) is 0 Å². The number of nitro groups is 1. The molecule has 0 aliphatic heterocycles. The minimum Gasteiger partial charge on any atom is -0.258 e. The summed E-state index contributed by atoms with van der Waals surface area (Å²) in [6, 6.07) is 2.21. The highest BCUT2D eigenvalue weighted by atomic mass is 79.9. The van der Waals surface area contributed by atoms with E-state index in [9.17, 15) is 18.9 Å². The highest BCUT2D eigenvalue weighted by Crippen LogP contribution is 2.32. The molecule has 0 spiro atoms. The van der Waals surface area contributed by atoms with Crippen molar-refractivity contribution in [3.05, 3.63) is 37.8 Å². The van der Waals surface area contributed by atoms with Gasteiger partial charge < -0.3 is 0 Å². The minimum atomic E-state index is -2.62. The van der Waals surface area contributed by atoms with Crippen LogP contribution in [-0.4, -0.2) is 4.92 Å². The molecule has 0 aliphatic rings. The first-order valence-corrected chi connectivity index (χ1v) is 4.45. The molecule has 3 nitrogen and oxygen atoms in total. The molecule has 1 aromatic carbocycles. The van der Waals surface area contributed by atoms with Crippen molar-refractivity contribution in [2.24, 2.45) is 0 Å². The molecule has 76 valence electrons. The first-order valence-electron chi connectivity index (χ1n) is 3.66. The Bertz CT molecular complexity index is 382. The van der Waals surface area contributed by atoms with Gasteiger partial charge in [-0.25, -0.2) is 8.78 Å². The molecule has 0 fully saturated rings. The molecular formula is C8H6BrF2NO2. The zero-order chi connectivity index (χ0) is 10.9. The molecule has 0 unspecified atom stereocenters. The topological polar surface area (TPSA) is 43.1 Å². The van der Waals surface area contributed by atoms with E-state index in [1.807, 2.05) is 0 Å². The van der Waals surface area contributed by atoms with Gasteiger partial charge >= 0.3 is 0 Å². The Kier molecular flexibility index (Phi) is 3.15. The Morgan fingerprint density at radius 3 is 2.50 bits per heavy atom. The number of benzene rings is 1. The smallest absolute Gasteiger partial charge is 0.258 e. The van der Waals surface area contributed by atoms with Crippen molar-refractivity contribution in [2.75, 3.05) is 0 Å². The van der Waals surface area contributed by atoms with Crippen molar-refractivity contribution in [1.82, 2.24) is 0 Å². The van der Waals surface area contributed by atoms with Crippen molar-refractivity contribution < 1.29 is 13.7 Å². The zero-order valence-corrected chi connectivity index (χ0v) is 8.72. The average molecular weight is 266 g/mol. The second-order valence-electron chi connectivity index (χ2n) is 2.72. The van der Waals surface area contributed by atoms with Crippen molar-refractivity contribution in [3.8, 4) is 0 Å². The van der Waals surface area contributed by atoms with Crippen molar-refractivity contribution in [1.29, 1.82) is 0 Å². The lowest BCUT2D eigenvalue weighted by atomic mass is 10.1. The molecular weight excluding hydrogens is 260 g/mol. The van der Waals surface area contributed by atoms with E-state index in [0.717, 1.165) is 12.1 Å². The Hall–Kier alpha value is -1.04. The molecule has 1 aromatic rings. The number of hydrogen-bond donors (Lipinski definition) is 0. The summed E-state index contributed by atoms with van der Waals surface area (Å²) in [7, 11) is 0. The first-order chi connectivity index (χ1) is 6.43. The second kappa shape index (κ2) is 4.00. The van der Waals surface area contributed by atoms with E-state index in [4.69, 9.17) is 0 Å². The zero-order valence-electron chi connectivity index (χ0n) is 7.13. The molecule has 14 heavy (non-hydrogen) atoms. The third kappa shape index (κ3) is 2.06. The van der Waals surface area contributed by atoms with E-state index in [1.54, 1.807) is 0 Å². The fourth-order valence-corrected chi connectivity index (χ4v) is 1.56. The van der Waals surface area contributed by atoms with Crippen LogP contribution in [-0.2, 0) is 0 Å². The van der Waals surface area contributed by atoms with Crippen LogP contribution in [0.3, 0.4) is 0 Å². The van der Waals surface area contributed by atoms with Crippen LogP contribution in [0.5, 0.6) is 0 Å². The molecule has 0 atom stereocenters. The Morgan fingerprint density at radius 1 is 1.50 bits per heavy atom. The third-order valence-electron chi connectivity index (χ3n) is 1.77. The molecule has 0 heterocycles. The summed E-state index contributed by atoms with van der Waals surface area (Å²) in [4.78, 5) is 9.82. The van der Waals surface area contributed by atoms with Crippen molar-refractivity contribution in [3.63, 3.8) is 0 Å². The SMILES string of the molecule is Cc1cc([N+](=O)[O-])c(Br)cc1C(F)F. The van der Waals surface area contributed by atoms with Crippen molar-refractivity contribution >= 4 is 21.6 Å². The predicted molar refractivity (Wildman–Crippen MR) is 50.5 cm³/mol. The molecule has 0 amide bonds.